The van der Waals surface area contributed by atoms with Crippen molar-refractivity contribution in [3.63, 3.8) is 0 Å². The van der Waals surface area contributed by atoms with Gasteiger partial charge in [-0.1, -0.05) is 6.92 Å². The first-order chi connectivity index (χ1) is 7.52. The molecule has 0 fully saturated rings. The van der Waals surface area contributed by atoms with E-state index in [0.29, 0.717) is 31.9 Å². The number of carbonyl (C=O) groups is 1. The average molecular weight is 249 g/mol. The third-order valence-corrected chi connectivity index (χ3v) is 2.85. The summed E-state index contributed by atoms with van der Waals surface area (Å²) in [5.41, 5.74) is -0.834. The Bertz CT molecular complexity index is 198. The van der Waals surface area contributed by atoms with Gasteiger partial charge in [0.25, 0.3) is 0 Å². The minimum absolute atomic E-state index is 0.0718. The highest BCUT2D eigenvalue weighted by Crippen LogP contribution is 2.08. The lowest BCUT2D eigenvalue weighted by atomic mass is 10.1. The molecule has 0 bridgehead atoms. The standard InChI is InChI=1S/C11H23NO3S/c1-4-6-15-7-5-10(13)12-8-11(2,14)9-16-3/h14H,4-9H2,1-3H3,(H,12,13). The molecule has 96 valence electrons. The van der Waals surface area contributed by atoms with Crippen LogP contribution in [0.25, 0.3) is 0 Å². The Morgan fingerprint density at radius 2 is 2.19 bits per heavy atom. The van der Waals surface area contributed by atoms with Gasteiger partial charge in [0.15, 0.2) is 0 Å². The number of hydrogen-bond donors (Lipinski definition) is 2. The highest BCUT2D eigenvalue weighted by Gasteiger charge is 2.20. The second-order valence-electron chi connectivity index (χ2n) is 4.07. The average Bonchev–Trinajstić information content (AvgIpc) is 2.22. The summed E-state index contributed by atoms with van der Waals surface area (Å²) in [6.07, 6.45) is 3.24. The Labute approximate surface area is 102 Å². The molecule has 1 atom stereocenters. The molecule has 0 saturated carbocycles. The van der Waals surface area contributed by atoms with Crippen LogP contribution in [0.1, 0.15) is 26.7 Å². The van der Waals surface area contributed by atoms with Gasteiger partial charge < -0.3 is 15.2 Å². The minimum atomic E-state index is -0.834. The molecule has 0 aromatic carbocycles. The van der Waals surface area contributed by atoms with Crippen molar-refractivity contribution in [1.82, 2.24) is 5.32 Å². The van der Waals surface area contributed by atoms with E-state index < -0.39 is 5.60 Å². The highest BCUT2D eigenvalue weighted by molar-refractivity contribution is 7.98. The summed E-state index contributed by atoms with van der Waals surface area (Å²) < 4.78 is 5.21. The number of nitrogens with one attached hydrogen (secondary N) is 1. The highest BCUT2D eigenvalue weighted by atomic mass is 32.2. The van der Waals surface area contributed by atoms with Gasteiger partial charge in [-0.25, -0.2) is 0 Å². The summed E-state index contributed by atoms with van der Waals surface area (Å²) in [7, 11) is 0. The Kier molecular flexibility index (Phi) is 8.70. The molecule has 0 rings (SSSR count). The number of rotatable bonds is 9. The van der Waals surface area contributed by atoms with Gasteiger partial charge in [0.05, 0.1) is 12.2 Å². The van der Waals surface area contributed by atoms with E-state index >= 15 is 0 Å². The van der Waals surface area contributed by atoms with Gasteiger partial charge in [-0.2, -0.15) is 11.8 Å². The first kappa shape index (κ1) is 15.7. The zero-order valence-corrected chi connectivity index (χ0v) is 11.2. The number of hydrogen-bond acceptors (Lipinski definition) is 4. The van der Waals surface area contributed by atoms with Crippen LogP contribution < -0.4 is 5.32 Å². The molecule has 2 N–H and O–H groups in total. The minimum Gasteiger partial charge on any atom is -0.387 e. The van der Waals surface area contributed by atoms with Crippen LogP contribution in [0.2, 0.25) is 0 Å². The van der Waals surface area contributed by atoms with Crippen LogP contribution in [0, 0.1) is 0 Å². The second-order valence-corrected chi connectivity index (χ2v) is 4.94. The fourth-order valence-corrected chi connectivity index (χ4v) is 1.87. The fraction of sp³-hybridized carbons (Fsp3) is 0.909. The van der Waals surface area contributed by atoms with Gasteiger partial charge in [-0.3, -0.25) is 4.79 Å². The molecule has 0 radical (unpaired) electrons. The molecule has 5 heteroatoms. The molecular formula is C11H23NO3S. The molecule has 0 aliphatic carbocycles. The molecule has 0 aliphatic rings. The van der Waals surface area contributed by atoms with Crippen molar-refractivity contribution in [2.24, 2.45) is 0 Å². The smallest absolute Gasteiger partial charge is 0.222 e. The molecule has 1 unspecified atom stereocenters. The van der Waals surface area contributed by atoms with E-state index in [1.165, 1.54) is 0 Å². The first-order valence-electron chi connectivity index (χ1n) is 5.57. The fourth-order valence-electron chi connectivity index (χ4n) is 1.15. The summed E-state index contributed by atoms with van der Waals surface area (Å²) in [6, 6.07) is 0. The van der Waals surface area contributed by atoms with Gasteiger partial charge >= 0.3 is 0 Å². The SMILES string of the molecule is CCCOCCC(=O)NCC(C)(O)CSC. The number of aliphatic hydroxyl groups is 1. The Morgan fingerprint density at radius 1 is 1.50 bits per heavy atom. The lowest BCUT2D eigenvalue weighted by molar-refractivity contribution is -0.123. The Morgan fingerprint density at radius 3 is 2.75 bits per heavy atom. The van der Waals surface area contributed by atoms with E-state index in [1.807, 2.05) is 13.2 Å². The van der Waals surface area contributed by atoms with Crippen LogP contribution in [0.5, 0.6) is 0 Å². The van der Waals surface area contributed by atoms with Crippen LogP contribution >= 0.6 is 11.8 Å². The lowest BCUT2D eigenvalue weighted by Gasteiger charge is -2.22. The van der Waals surface area contributed by atoms with Gasteiger partial charge in [0.2, 0.25) is 5.91 Å². The molecular weight excluding hydrogens is 226 g/mol. The largest absolute Gasteiger partial charge is 0.387 e. The van der Waals surface area contributed by atoms with E-state index in [1.54, 1.807) is 18.7 Å². The monoisotopic (exact) mass is 249 g/mol. The first-order valence-corrected chi connectivity index (χ1v) is 6.97. The predicted octanol–water partition coefficient (Wildman–Crippen LogP) is 1.03. The van der Waals surface area contributed by atoms with Crippen molar-refractivity contribution >= 4 is 17.7 Å². The Balaban J connectivity index is 3.56. The van der Waals surface area contributed by atoms with Crippen molar-refractivity contribution in [2.75, 3.05) is 31.8 Å². The molecule has 0 saturated heterocycles. The molecule has 4 nitrogen and oxygen atoms in total. The summed E-state index contributed by atoms with van der Waals surface area (Å²) in [6.45, 7) is 5.18. The van der Waals surface area contributed by atoms with Gasteiger partial charge in [0.1, 0.15) is 0 Å². The maximum Gasteiger partial charge on any atom is 0.222 e. The van der Waals surface area contributed by atoms with Crippen LogP contribution in [-0.2, 0) is 9.53 Å². The molecule has 1 amide bonds. The van der Waals surface area contributed by atoms with Crippen LogP contribution in [0.4, 0.5) is 0 Å². The van der Waals surface area contributed by atoms with Crippen molar-refractivity contribution in [3.05, 3.63) is 0 Å². The van der Waals surface area contributed by atoms with Crippen molar-refractivity contribution < 1.29 is 14.6 Å². The number of thioether (sulfide) groups is 1. The van der Waals surface area contributed by atoms with Crippen LogP contribution in [-0.4, -0.2) is 48.4 Å². The van der Waals surface area contributed by atoms with Crippen molar-refractivity contribution in [2.45, 2.75) is 32.3 Å². The van der Waals surface area contributed by atoms with E-state index in [0.717, 1.165) is 6.42 Å². The zero-order valence-electron chi connectivity index (χ0n) is 10.4. The predicted molar refractivity (Wildman–Crippen MR) is 67.7 cm³/mol. The number of ether oxygens (including phenoxy) is 1. The third-order valence-electron chi connectivity index (χ3n) is 1.94. The summed E-state index contributed by atoms with van der Waals surface area (Å²) in [5.74, 6) is 0.539. The van der Waals surface area contributed by atoms with Crippen LogP contribution in [0.15, 0.2) is 0 Å². The molecule has 0 spiro atoms. The second kappa shape index (κ2) is 8.84. The Hall–Kier alpha value is -0.260. The van der Waals surface area contributed by atoms with Crippen molar-refractivity contribution in [1.29, 1.82) is 0 Å². The van der Waals surface area contributed by atoms with Crippen LogP contribution in [0.3, 0.4) is 0 Å². The van der Waals surface area contributed by atoms with E-state index in [9.17, 15) is 9.90 Å². The normalized spacial score (nSPS) is 14.5. The zero-order chi connectivity index (χ0) is 12.4. The topological polar surface area (TPSA) is 58.6 Å². The molecule has 0 aromatic heterocycles. The lowest BCUT2D eigenvalue weighted by Crippen LogP contribution is -2.42. The van der Waals surface area contributed by atoms with Gasteiger partial charge in [-0.05, 0) is 19.6 Å². The summed E-state index contributed by atoms with van der Waals surface area (Å²) in [5, 5.41) is 12.5. The molecule has 0 aliphatic heterocycles. The molecule has 0 heterocycles. The maximum atomic E-state index is 11.3. The summed E-state index contributed by atoms with van der Waals surface area (Å²) >= 11 is 1.56. The molecule has 0 aromatic rings. The maximum absolute atomic E-state index is 11.3. The van der Waals surface area contributed by atoms with Crippen molar-refractivity contribution in [3.8, 4) is 0 Å². The third kappa shape index (κ3) is 9.00. The number of carbonyl (C=O) groups excluding carboxylic acids is 1. The van der Waals surface area contributed by atoms with Gasteiger partial charge in [0, 0.05) is 25.3 Å². The number of amides is 1. The van der Waals surface area contributed by atoms with E-state index in [2.05, 4.69) is 5.32 Å². The van der Waals surface area contributed by atoms with E-state index in [-0.39, 0.29) is 5.91 Å². The molecule has 16 heavy (non-hydrogen) atoms. The van der Waals surface area contributed by atoms with E-state index in [4.69, 9.17) is 4.74 Å². The summed E-state index contributed by atoms with van der Waals surface area (Å²) in [4.78, 5) is 11.3. The quantitative estimate of drug-likeness (QED) is 0.599. The van der Waals surface area contributed by atoms with Gasteiger partial charge in [-0.15, -0.1) is 0 Å².